The SMILES string of the molecule is CC(=O)c1cn(CC(=O)N2C[C@H](F)C[C@H]2C(=O)NCCCCc2ccccc2)c2ccc(-c3cnc(C)nc3)cc12.CC(=O)c1cn(CC(=O)O)c2ccc(-c3cnc(C)nc3)cc12.Cl.O=C(NCCCCc1ccccc1)[C@@H]1C[C@@H](F)CN1.S.S=S. The van der Waals surface area contributed by atoms with Gasteiger partial charge in [-0.2, -0.15) is 13.5 Å². The molecule has 0 aliphatic carbocycles. The number of fused-ring (bicyclic) bond motifs is 2. The highest BCUT2D eigenvalue weighted by molar-refractivity contribution is 8.07. The molecule has 6 heterocycles. The Morgan fingerprint density at radius 3 is 1.48 bits per heavy atom. The Hall–Kier alpha value is -7.76. The number of nitrogens with one attached hydrogen (secondary N) is 3. The standard InChI is InChI=1S/C32H34FN5O3.C17H15N3O3.C15H21FN2O.ClH.S2.H2S/c1-21(39)28-19-37(29-12-11-24(14-27(28)29)25-16-35-22(2)36-17-25)20-31(40)38-18-26(33)15-30(38)32(41)34-13-7-6-10-23-8-4-3-5-9-23;1-10(21)15-8-20(9-17(22)23)16-4-3-12(5-14(15)16)13-6-18-11(2)19-7-13;16-13-10-14(18-11-13)15(19)17-9-5-4-8-12-6-2-1-3-7-12;;1-2;/h3-5,8-9,11-12,14,16-17,19,26,30H,6-7,10,13,15,18,20H2,1-2H3,(H,34,41);3-8H,9H2,1-2H3,(H,22,23);1-3,6-7,13-14,18H,4-5,8-11H2,(H,17,19);1H;;1H2/t26-,30+;;13-,14+;;;/m1.1.../s1. The number of amides is 3. The van der Waals surface area contributed by atoms with Crippen molar-refractivity contribution in [2.75, 3.05) is 26.2 Å². The van der Waals surface area contributed by atoms with Crippen LogP contribution in [0.5, 0.6) is 0 Å². The lowest BCUT2D eigenvalue weighted by Gasteiger charge is -2.24. The predicted octanol–water partition coefficient (Wildman–Crippen LogP) is 9.74. The highest BCUT2D eigenvalue weighted by Gasteiger charge is 2.40. The van der Waals surface area contributed by atoms with Crippen molar-refractivity contribution in [3.05, 3.63) is 168 Å². The second kappa shape index (κ2) is 34.5. The molecule has 17 nitrogen and oxygen atoms in total. The third-order valence-electron chi connectivity index (χ3n) is 14.7. The second-order valence-corrected chi connectivity index (χ2v) is 21.0. The molecule has 4 aromatic heterocycles. The molecule has 4 aromatic carbocycles. The number of likely N-dealkylation sites (tertiary alicyclic amines) is 1. The summed E-state index contributed by atoms with van der Waals surface area (Å²) in [6, 6.07) is 30.5. The summed E-state index contributed by atoms with van der Waals surface area (Å²) in [4.78, 5) is 91.6. The number of aliphatic carboxylic acids is 1. The molecule has 0 spiro atoms. The van der Waals surface area contributed by atoms with Crippen molar-refractivity contribution in [3.8, 4) is 22.3 Å². The third kappa shape index (κ3) is 19.9. The number of benzene rings is 4. The van der Waals surface area contributed by atoms with Gasteiger partial charge in [-0.3, -0.25) is 28.8 Å². The summed E-state index contributed by atoms with van der Waals surface area (Å²) in [5, 5.41) is 19.1. The van der Waals surface area contributed by atoms with E-state index >= 15 is 0 Å². The average Bonchev–Trinajstić information content (AvgIpc) is 1.75. The van der Waals surface area contributed by atoms with E-state index < -0.39 is 24.4 Å². The zero-order chi connectivity index (χ0) is 61.0. The Morgan fingerprint density at radius 1 is 0.609 bits per heavy atom. The van der Waals surface area contributed by atoms with Crippen molar-refractivity contribution in [2.24, 2.45) is 0 Å². The van der Waals surface area contributed by atoms with Gasteiger partial charge in [0, 0.05) is 136 Å². The van der Waals surface area contributed by atoms with Gasteiger partial charge in [0.1, 0.15) is 43.1 Å². The molecule has 23 heteroatoms. The van der Waals surface area contributed by atoms with E-state index in [4.69, 9.17) is 5.11 Å². The first-order valence-corrected chi connectivity index (χ1v) is 29.5. The van der Waals surface area contributed by atoms with Crippen molar-refractivity contribution in [1.82, 2.24) is 49.9 Å². The molecule has 8 aromatic rings. The van der Waals surface area contributed by atoms with Gasteiger partial charge in [0.2, 0.25) is 17.7 Å². The van der Waals surface area contributed by atoms with Crippen LogP contribution in [0.4, 0.5) is 8.78 Å². The maximum absolute atomic E-state index is 14.5. The van der Waals surface area contributed by atoms with Crippen LogP contribution in [0, 0.1) is 13.8 Å². The lowest BCUT2D eigenvalue weighted by atomic mass is 10.0. The summed E-state index contributed by atoms with van der Waals surface area (Å²) in [6.45, 7) is 7.60. The van der Waals surface area contributed by atoms with Crippen LogP contribution in [0.15, 0.2) is 134 Å². The van der Waals surface area contributed by atoms with Crippen molar-refractivity contribution in [3.63, 3.8) is 0 Å². The predicted molar refractivity (Wildman–Crippen MR) is 347 cm³/mol. The van der Waals surface area contributed by atoms with Gasteiger partial charge in [-0.1, -0.05) is 72.8 Å². The van der Waals surface area contributed by atoms with Gasteiger partial charge < -0.3 is 35.1 Å². The monoisotopic (exact) mass is 1260 g/mol. The van der Waals surface area contributed by atoms with E-state index in [-0.39, 0.29) is 87.3 Å². The molecule has 2 fully saturated rings. The number of carboxylic acids is 1. The topological polar surface area (TPSA) is 223 Å². The first-order valence-electron chi connectivity index (χ1n) is 28.2. The molecule has 4 atom stereocenters. The minimum absolute atomic E-state index is 0. The number of aromatic nitrogens is 6. The van der Waals surface area contributed by atoms with Gasteiger partial charge in [-0.05, 0) is 113 Å². The van der Waals surface area contributed by atoms with Crippen molar-refractivity contribution in [2.45, 2.75) is 117 Å². The summed E-state index contributed by atoms with van der Waals surface area (Å²) in [5.74, 6) is -0.594. The fraction of sp³-hybridized carbons (Fsp3) is 0.344. The molecule has 0 unspecified atom stereocenters. The van der Waals surface area contributed by atoms with Crippen LogP contribution in [0.25, 0.3) is 44.1 Å². The van der Waals surface area contributed by atoms with Crippen LogP contribution in [0.3, 0.4) is 0 Å². The van der Waals surface area contributed by atoms with E-state index in [1.807, 2.05) is 86.6 Å². The molecule has 2 aliphatic heterocycles. The minimum atomic E-state index is -1.26. The lowest BCUT2D eigenvalue weighted by Crippen LogP contribution is -2.47. The number of carbonyl (C=O) groups excluding carboxylic acids is 5. The Morgan fingerprint density at radius 2 is 1.06 bits per heavy atom. The lowest BCUT2D eigenvalue weighted by molar-refractivity contribution is -0.138. The number of Topliss-reactive ketones (excluding diaryl/α,β-unsaturated/α-hetero) is 2. The molecule has 87 heavy (non-hydrogen) atoms. The zero-order valence-corrected chi connectivity index (χ0v) is 52.4. The highest BCUT2D eigenvalue weighted by atomic mass is 35.5. The Kier molecular flexibility index (Phi) is 27.8. The minimum Gasteiger partial charge on any atom is -0.480 e. The Balaban J connectivity index is 0.000000254. The van der Waals surface area contributed by atoms with Crippen LogP contribution < -0.4 is 16.0 Å². The summed E-state index contributed by atoms with van der Waals surface area (Å²) in [7, 11) is 0. The van der Waals surface area contributed by atoms with Crippen molar-refractivity contribution in [1.29, 1.82) is 0 Å². The van der Waals surface area contributed by atoms with Crippen LogP contribution in [-0.4, -0.2) is 125 Å². The van der Waals surface area contributed by atoms with Crippen molar-refractivity contribution >= 4 is 105 Å². The quantitative estimate of drug-likeness (QED) is 0.0412. The number of carbonyl (C=O) groups is 6. The smallest absolute Gasteiger partial charge is 0.323 e. The number of hydrogen-bond donors (Lipinski definition) is 4. The number of rotatable bonds is 20. The largest absolute Gasteiger partial charge is 0.480 e. The molecule has 10 rings (SSSR count). The van der Waals surface area contributed by atoms with Crippen molar-refractivity contribution < 1.29 is 42.7 Å². The molecular weight excluding hydrogens is 1190 g/mol. The second-order valence-electron chi connectivity index (χ2n) is 21.0. The van der Waals surface area contributed by atoms with Gasteiger partial charge in [0.25, 0.3) is 0 Å². The summed E-state index contributed by atoms with van der Waals surface area (Å²) < 4.78 is 30.7. The highest BCUT2D eigenvalue weighted by Crippen LogP contribution is 2.31. The Labute approximate surface area is 528 Å². The number of hydrogen-bond acceptors (Lipinski definition) is 13. The van der Waals surface area contributed by atoms with Crippen LogP contribution in [0.2, 0.25) is 0 Å². The fourth-order valence-electron chi connectivity index (χ4n) is 10.3. The molecule has 460 valence electrons. The van der Waals surface area contributed by atoms with Gasteiger partial charge >= 0.3 is 5.97 Å². The van der Waals surface area contributed by atoms with Crippen LogP contribution >= 0.6 is 25.9 Å². The normalized spacial score (nSPS) is 15.7. The summed E-state index contributed by atoms with van der Waals surface area (Å²) >= 11 is 7.33. The van der Waals surface area contributed by atoms with E-state index in [2.05, 4.69) is 82.5 Å². The van der Waals surface area contributed by atoms with E-state index in [0.29, 0.717) is 59.7 Å². The number of ketones is 2. The van der Waals surface area contributed by atoms with E-state index in [0.717, 1.165) is 71.7 Å². The molecule has 0 bridgehead atoms. The molecule has 0 radical (unpaired) electrons. The molecule has 4 N–H and O–H groups in total. The summed E-state index contributed by atoms with van der Waals surface area (Å²) in [6.07, 6.45) is 14.0. The number of nitrogens with zero attached hydrogens (tertiary/aromatic N) is 7. The number of carboxylic acid groups (broad SMARTS) is 1. The average molecular weight is 1260 g/mol. The summed E-state index contributed by atoms with van der Waals surface area (Å²) in [5.41, 5.74) is 8.38. The molecular formula is C64H73ClF2N10O7S3. The van der Waals surface area contributed by atoms with E-state index in [1.165, 1.54) is 29.9 Å². The Bertz CT molecular complexity index is 3580. The molecule has 2 aliphatic rings. The molecule has 3 amide bonds. The van der Waals surface area contributed by atoms with E-state index in [1.54, 1.807) is 46.3 Å². The van der Waals surface area contributed by atoms with E-state index in [9.17, 15) is 37.5 Å². The first kappa shape index (κ1) is 70.0. The van der Waals surface area contributed by atoms with Crippen LogP contribution in [0.1, 0.15) is 95.9 Å². The van der Waals surface area contributed by atoms with Gasteiger partial charge in [0.15, 0.2) is 11.6 Å². The molecule has 0 saturated carbocycles. The van der Waals surface area contributed by atoms with Crippen LogP contribution in [-0.2, 0) is 67.5 Å². The number of unbranched alkanes of at least 4 members (excludes halogenated alkanes) is 2. The molecule has 2 saturated heterocycles. The van der Waals surface area contributed by atoms with Gasteiger partial charge in [-0.15, -0.1) is 12.4 Å². The fourth-order valence-corrected chi connectivity index (χ4v) is 10.3. The number of aryl methyl sites for hydroxylation is 4. The third-order valence-corrected chi connectivity index (χ3v) is 14.7. The maximum atomic E-state index is 14.5. The number of alkyl halides is 2. The zero-order valence-electron chi connectivity index (χ0n) is 48.9. The first-order chi connectivity index (χ1) is 41.0. The van der Waals surface area contributed by atoms with Gasteiger partial charge in [-0.25, -0.2) is 28.7 Å². The van der Waals surface area contributed by atoms with Gasteiger partial charge in [0.05, 0.1) is 12.6 Å². The maximum Gasteiger partial charge on any atom is 0.323 e. The number of halogens is 3.